The number of fused-ring (bicyclic) bond motifs is 1. The number of amides is 2. The van der Waals surface area contributed by atoms with Crippen LogP contribution in [-0.2, 0) is 16.1 Å². The van der Waals surface area contributed by atoms with Gasteiger partial charge in [-0.15, -0.1) is 0 Å². The summed E-state index contributed by atoms with van der Waals surface area (Å²) >= 11 is 0. The van der Waals surface area contributed by atoms with E-state index in [1.165, 1.54) is 0 Å². The number of nitrogens with one attached hydrogen (secondary N) is 2. The van der Waals surface area contributed by atoms with Gasteiger partial charge in [0.25, 0.3) is 0 Å². The van der Waals surface area contributed by atoms with Gasteiger partial charge in [0.2, 0.25) is 11.8 Å². The molecule has 0 fully saturated rings. The topological polar surface area (TPSA) is 76.0 Å². The van der Waals surface area contributed by atoms with E-state index in [9.17, 15) is 9.59 Å². The first-order valence-corrected chi connectivity index (χ1v) is 7.33. The summed E-state index contributed by atoms with van der Waals surface area (Å²) in [6, 6.07) is 7.78. The molecule has 118 valence electrons. The lowest BCUT2D eigenvalue weighted by molar-refractivity contribution is -0.126. The van der Waals surface area contributed by atoms with Crippen LogP contribution in [0.15, 0.2) is 30.6 Å². The molecule has 2 aromatic rings. The van der Waals surface area contributed by atoms with Crippen LogP contribution in [-0.4, -0.2) is 33.4 Å². The second-order valence-electron chi connectivity index (χ2n) is 6.25. The minimum Gasteiger partial charge on any atom is -0.350 e. The number of carbonyl (C=O) groups excluding carboxylic acids is 2. The highest BCUT2D eigenvalue weighted by Crippen LogP contribution is 2.11. The van der Waals surface area contributed by atoms with Crippen LogP contribution in [0.5, 0.6) is 0 Å². The van der Waals surface area contributed by atoms with Crippen molar-refractivity contribution in [2.75, 3.05) is 6.54 Å². The molecule has 0 unspecified atom stereocenters. The van der Waals surface area contributed by atoms with Gasteiger partial charge in [-0.05, 0) is 32.9 Å². The van der Waals surface area contributed by atoms with Crippen molar-refractivity contribution in [1.29, 1.82) is 0 Å². The molecule has 6 heteroatoms. The van der Waals surface area contributed by atoms with Crippen LogP contribution in [0.2, 0.25) is 0 Å². The van der Waals surface area contributed by atoms with E-state index >= 15 is 0 Å². The third kappa shape index (κ3) is 4.58. The maximum atomic E-state index is 11.8. The SMILES string of the molecule is CC(C)(C)NC(=O)CNC(=O)CCn1cnc2ccccc21. The molecular weight excluding hydrogens is 280 g/mol. The summed E-state index contributed by atoms with van der Waals surface area (Å²) in [4.78, 5) is 27.7. The van der Waals surface area contributed by atoms with Crippen LogP contribution in [0.4, 0.5) is 0 Å². The molecule has 2 amide bonds. The second-order valence-corrected chi connectivity index (χ2v) is 6.25. The molecule has 0 atom stereocenters. The van der Waals surface area contributed by atoms with Crippen LogP contribution >= 0.6 is 0 Å². The summed E-state index contributed by atoms with van der Waals surface area (Å²) < 4.78 is 1.93. The number of aromatic nitrogens is 2. The number of nitrogens with zero attached hydrogens (tertiary/aromatic N) is 2. The van der Waals surface area contributed by atoms with Crippen molar-refractivity contribution in [3.63, 3.8) is 0 Å². The van der Waals surface area contributed by atoms with Gasteiger partial charge in [-0.3, -0.25) is 9.59 Å². The quantitative estimate of drug-likeness (QED) is 0.878. The van der Waals surface area contributed by atoms with Gasteiger partial charge in [-0.25, -0.2) is 4.98 Å². The molecule has 6 nitrogen and oxygen atoms in total. The molecular formula is C16H22N4O2. The van der Waals surface area contributed by atoms with Crippen LogP contribution in [0, 0.1) is 0 Å². The van der Waals surface area contributed by atoms with E-state index in [-0.39, 0.29) is 23.9 Å². The standard InChI is InChI=1S/C16H22N4O2/c1-16(2,3)19-15(22)10-17-14(21)8-9-20-11-18-12-6-4-5-7-13(12)20/h4-7,11H,8-10H2,1-3H3,(H,17,21)(H,19,22). The Balaban J connectivity index is 1.80. The minimum absolute atomic E-state index is 0.000773. The number of imidazole rings is 1. The molecule has 0 saturated heterocycles. The first-order chi connectivity index (χ1) is 10.3. The molecule has 2 rings (SSSR count). The smallest absolute Gasteiger partial charge is 0.239 e. The lowest BCUT2D eigenvalue weighted by Crippen LogP contribution is -2.45. The fourth-order valence-corrected chi connectivity index (χ4v) is 2.14. The Morgan fingerprint density at radius 3 is 2.64 bits per heavy atom. The molecule has 0 spiro atoms. The normalized spacial score (nSPS) is 11.4. The van der Waals surface area contributed by atoms with Gasteiger partial charge in [0, 0.05) is 18.5 Å². The number of hydrogen-bond donors (Lipinski definition) is 2. The zero-order valence-electron chi connectivity index (χ0n) is 13.2. The summed E-state index contributed by atoms with van der Waals surface area (Å²) in [7, 11) is 0. The van der Waals surface area contributed by atoms with Gasteiger partial charge in [-0.2, -0.15) is 0 Å². The summed E-state index contributed by atoms with van der Waals surface area (Å²) in [5, 5.41) is 5.43. The molecule has 1 aromatic heterocycles. The Bertz CT molecular complexity index is 670. The van der Waals surface area contributed by atoms with Gasteiger partial charge in [0.05, 0.1) is 23.9 Å². The van der Waals surface area contributed by atoms with Crippen LogP contribution in [0.3, 0.4) is 0 Å². The van der Waals surface area contributed by atoms with E-state index in [0.717, 1.165) is 11.0 Å². The maximum absolute atomic E-state index is 11.8. The molecule has 0 saturated carbocycles. The molecule has 0 aliphatic heterocycles. The third-order valence-electron chi connectivity index (χ3n) is 3.07. The fraction of sp³-hybridized carbons (Fsp3) is 0.438. The molecule has 0 radical (unpaired) electrons. The van der Waals surface area contributed by atoms with Crippen molar-refractivity contribution in [1.82, 2.24) is 20.2 Å². The third-order valence-corrected chi connectivity index (χ3v) is 3.07. The Morgan fingerprint density at radius 2 is 1.91 bits per heavy atom. The lowest BCUT2D eigenvalue weighted by Gasteiger charge is -2.20. The summed E-state index contributed by atoms with van der Waals surface area (Å²) in [6.45, 7) is 6.23. The van der Waals surface area contributed by atoms with Crippen LogP contribution in [0.25, 0.3) is 11.0 Å². The number of benzene rings is 1. The Morgan fingerprint density at radius 1 is 1.18 bits per heavy atom. The van der Waals surface area contributed by atoms with Gasteiger partial charge in [-0.1, -0.05) is 12.1 Å². The van der Waals surface area contributed by atoms with Crippen molar-refractivity contribution in [2.24, 2.45) is 0 Å². The van der Waals surface area contributed by atoms with Gasteiger partial charge in [0.15, 0.2) is 0 Å². The van der Waals surface area contributed by atoms with Crippen LogP contribution < -0.4 is 10.6 Å². The first kappa shape index (κ1) is 16.0. The first-order valence-electron chi connectivity index (χ1n) is 7.33. The molecule has 1 aromatic carbocycles. The highest BCUT2D eigenvalue weighted by Gasteiger charge is 2.14. The predicted molar refractivity (Wildman–Crippen MR) is 85.3 cm³/mol. The average Bonchev–Trinajstić information content (AvgIpc) is 2.84. The average molecular weight is 302 g/mol. The molecule has 0 bridgehead atoms. The Hall–Kier alpha value is -2.37. The molecule has 0 aliphatic carbocycles. The molecule has 0 aliphatic rings. The lowest BCUT2D eigenvalue weighted by atomic mass is 10.1. The van der Waals surface area contributed by atoms with Crippen molar-refractivity contribution in [3.05, 3.63) is 30.6 Å². The number of aryl methyl sites for hydroxylation is 1. The number of rotatable bonds is 5. The molecule has 22 heavy (non-hydrogen) atoms. The monoisotopic (exact) mass is 302 g/mol. The Kier molecular flexibility index (Phi) is 4.80. The maximum Gasteiger partial charge on any atom is 0.239 e. The number of carbonyl (C=O) groups is 2. The van der Waals surface area contributed by atoms with Gasteiger partial charge in [0.1, 0.15) is 0 Å². The van der Waals surface area contributed by atoms with Crippen molar-refractivity contribution >= 4 is 22.8 Å². The highest BCUT2D eigenvalue weighted by atomic mass is 16.2. The molecule has 2 N–H and O–H groups in total. The Labute approximate surface area is 129 Å². The van der Waals surface area contributed by atoms with Crippen molar-refractivity contribution < 1.29 is 9.59 Å². The van der Waals surface area contributed by atoms with E-state index in [4.69, 9.17) is 0 Å². The summed E-state index contributed by atoms with van der Waals surface area (Å²) in [5.41, 5.74) is 1.62. The van der Waals surface area contributed by atoms with E-state index in [1.54, 1.807) is 6.33 Å². The number of para-hydroxylation sites is 2. The van der Waals surface area contributed by atoms with E-state index < -0.39 is 0 Å². The summed E-state index contributed by atoms with van der Waals surface area (Å²) in [5.74, 6) is -0.337. The fourth-order valence-electron chi connectivity index (χ4n) is 2.14. The van der Waals surface area contributed by atoms with E-state index in [1.807, 2.05) is 49.6 Å². The van der Waals surface area contributed by atoms with Gasteiger partial charge < -0.3 is 15.2 Å². The zero-order chi connectivity index (χ0) is 16.2. The number of hydrogen-bond acceptors (Lipinski definition) is 3. The van der Waals surface area contributed by atoms with Crippen LogP contribution in [0.1, 0.15) is 27.2 Å². The highest BCUT2D eigenvalue weighted by molar-refractivity contribution is 5.85. The molecule has 1 heterocycles. The summed E-state index contributed by atoms with van der Waals surface area (Å²) in [6.07, 6.45) is 2.04. The van der Waals surface area contributed by atoms with E-state index in [2.05, 4.69) is 15.6 Å². The van der Waals surface area contributed by atoms with Gasteiger partial charge >= 0.3 is 0 Å². The minimum atomic E-state index is -0.294. The largest absolute Gasteiger partial charge is 0.350 e. The van der Waals surface area contributed by atoms with Crippen molar-refractivity contribution in [3.8, 4) is 0 Å². The predicted octanol–water partition coefficient (Wildman–Crippen LogP) is 1.46. The second kappa shape index (κ2) is 6.60. The van der Waals surface area contributed by atoms with E-state index in [0.29, 0.717) is 13.0 Å². The van der Waals surface area contributed by atoms with Crippen molar-refractivity contribution in [2.45, 2.75) is 39.3 Å². The zero-order valence-corrected chi connectivity index (χ0v) is 13.2.